The number of nitrogens with one attached hydrogen (secondary N) is 1. The molecule has 1 amide bonds. The molecule has 0 aromatic carbocycles. The Labute approximate surface area is 406 Å². The number of likely N-dealkylation sites (N-methyl/N-ethyl adjacent to an activating group) is 1. The molecule has 0 fully saturated rings. The maximum Gasteiger partial charge on any atom is 0.472 e. The van der Waals surface area contributed by atoms with E-state index in [0.717, 1.165) is 38.5 Å². The van der Waals surface area contributed by atoms with Crippen LogP contribution < -0.4 is 5.32 Å². The van der Waals surface area contributed by atoms with Crippen LogP contribution in [0.4, 0.5) is 0 Å². The molecule has 0 aromatic rings. The molecule has 8 nitrogen and oxygen atoms in total. The lowest BCUT2D eigenvalue weighted by molar-refractivity contribution is -0.870. The first-order valence-electron chi connectivity index (χ1n) is 28.9. The maximum absolute atomic E-state index is 12.9. The predicted octanol–water partition coefficient (Wildman–Crippen LogP) is 17.3. The quantitative estimate of drug-likeness (QED) is 0.0319. The molecule has 0 radical (unpaired) electrons. The largest absolute Gasteiger partial charge is 0.472 e. The minimum atomic E-state index is -4.31. The fraction of sp³-hybridized carbons (Fsp3) is 0.982. The van der Waals surface area contributed by atoms with E-state index in [-0.39, 0.29) is 19.1 Å². The summed E-state index contributed by atoms with van der Waals surface area (Å²) < 4.78 is 23.7. The molecule has 3 unspecified atom stereocenters. The van der Waals surface area contributed by atoms with Gasteiger partial charge in [-0.3, -0.25) is 13.8 Å². The number of quaternary nitrogens is 1. The van der Waals surface area contributed by atoms with Crippen molar-refractivity contribution < 1.29 is 32.9 Å². The SMILES string of the molecule is CCCCCCCCCCCCCCCCCCCCCCCCCCCCCCCCCCCC(=O)NC(COP(=O)(O)OCC[N+](C)(C)C)C(O)CCCCCCCCCCCC. The van der Waals surface area contributed by atoms with E-state index >= 15 is 0 Å². The lowest BCUT2D eigenvalue weighted by atomic mass is 10.0. The Balaban J connectivity index is 3.85. The number of rotatable bonds is 54. The lowest BCUT2D eigenvalue weighted by Gasteiger charge is -2.26. The van der Waals surface area contributed by atoms with Gasteiger partial charge in [0.1, 0.15) is 13.2 Å². The fourth-order valence-corrected chi connectivity index (χ4v) is 9.79. The second-order valence-corrected chi connectivity index (χ2v) is 22.8. The summed E-state index contributed by atoms with van der Waals surface area (Å²) in [7, 11) is 1.63. The van der Waals surface area contributed by atoms with E-state index in [9.17, 15) is 19.4 Å². The molecule has 0 saturated heterocycles. The van der Waals surface area contributed by atoms with E-state index in [1.807, 2.05) is 21.1 Å². The summed E-state index contributed by atoms with van der Waals surface area (Å²) in [6, 6.07) is -0.753. The first kappa shape index (κ1) is 64.5. The summed E-state index contributed by atoms with van der Waals surface area (Å²) in [6.45, 7) is 4.91. The van der Waals surface area contributed by atoms with Gasteiger partial charge in [0.2, 0.25) is 5.91 Å². The zero-order valence-corrected chi connectivity index (χ0v) is 45.4. The summed E-state index contributed by atoms with van der Waals surface area (Å²) in [5.41, 5.74) is 0. The normalized spacial score (nSPS) is 13.9. The van der Waals surface area contributed by atoms with E-state index < -0.39 is 20.0 Å². The number of carbonyl (C=O) groups excluding carboxylic acids is 1. The molecule has 3 N–H and O–H groups in total. The van der Waals surface area contributed by atoms with E-state index in [4.69, 9.17) is 9.05 Å². The molecule has 0 spiro atoms. The van der Waals surface area contributed by atoms with Crippen LogP contribution in [0, 0.1) is 0 Å². The summed E-state index contributed by atoms with van der Waals surface area (Å²) in [5.74, 6) is -0.139. The van der Waals surface area contributed by atoms with Crippen LogP contribution in [0.5, 0.6) is 0 Å². The van der Waals surface area contributed by atoms with Crippen molar-refractivity contribution in [3.63, 3.8) is 0 Å². The van der Waals surface area contributed by atoms with E-state index in [1.165, 1.54) is 238 Å². The van der Waals surface area contributed by atoms with Crippen LogP contribution in [0.15, 0.2) is 0 Å². The number of aliphatic hydroxyl groups is 1. The molecule has 0 saturated carbocycles. The van der Waals surface area contributed by atoms with Crippen LogP contribution in [0.2, 0.25) is 0 Å². The highest BCUT2D eigenvalue weighted by atomic mass is 31.2. The Morgan fingerprint density at radius 3 is 1.03 bits per heavy atom. The highest BCUT2D eigenvalue weighted by Crippen LogP contribution is 2.43. The molecule has 0 aliphatic heterocycles. The van der Waals surface area contributed by atoms with Gasteiger partial charge in [0, 0.05) is 6.42 Å². The maximum atomic E-state index is 12.9. The van der Waals surface area contributed by atoms with Crippen molar-refractivity contribution in [2.24, 2.45) is 0 Å². The smallest absolute Gasteiger partial charge is 0.391 e. The van der Waals surface area contributed by atoms with Crippen molar-refractivity contribution >= 4 is 13.7 Å². The molecule has 3 atom stereocenters. The molecule has 0 bridgehead atoms. The van der Waals surface area contributed by atoms with E-state index in [0.29, 0.717) is 23.9 Å². The van der Waals surface area contributed by atoms with Crippen molar-refractivity contribution in [1.82, 2.24) is 5.32 Å². The summed E-state index contributed by atoms with van der Waals surface area (Å²) in [4.78, 5) is 23.2. The highest BCUT2D eigenvalue weighted by Gasteiger charge is 2.28. The first-order valence-corrected chi connectivity index (χ1v) is 30.4. The third kappa shape index (κ3) is 51.2. The number of phosphoric ester groups is 1. The highest BCUT2D eigenvalue weighted by molar-refractivity contribution is 7.47. The number of hydrogen-bond acceptors (Lipinski definition) is 5. The average molecular weight is 945 g/mol. The molecular weight excluding hydrogens is 828 g/mol. The van der Waals surface area contributed by atoms with Gasteiger partial charge in [-0.1, -0.05) is 284 Å². The van der Waals surface area contributed by atoms with Gasteiger partial charge in [0.05, 0.1) is 39.9 Å². The van der Waals surface area contributed by atoms with Crippen molar-refractivity contribution in [2.45, 2.75) is 315 Å². The molecule has 0 aromatic heterocycles. The van der Waals surface area contributed by atoms with Gasteiger partial charge >= 0.3 is 7.82 Å². The predicted molar refractivity (Wildman–Crippen MR) is 282 cm³/mol. The monoisotopic (exact) mass is 944 g/mol. The Morgan fingerprint density at radius 2 is 0.738 bits per heavy atom. The standard InChI is InChI=1S/C56H115N2O6P/c1-6-8-10-12-14-16-18-19-20-21-22-23-24-25-26-27-28-29-30-31-32-33-34-35-36-37-38-39-40-42-44-46-48-50-56(60)57-54(53-64-65(61,62)63-52-51-58(3,4)5)55(59)49-47-45-43-41-17-15-13-11-9-7-2/h54-55,59H,6-53H2,1-5H3,(H-,57,60,61,62)/p+1. The van der Waals surface area contributed by atoms with Crippen LogP contribution in [0.3, 0.4) is 0 Å². The summed E-state index contributed by atoms with van der Waals surface area (Å²) >= 11 is 0. The Kier molecular flexibility index (Phi) is 48.1. The van der Waals surface area contributed by atoms with Gasteiger partial charge in [0.15, 0.2) is 0 Å². The molecule has 0 aliphatic rings. The number of amides is 1. The van der Waals surface area contributed by atoms with Gasteiger partial charge in [-0.2, -0.15) is 0 Å². The average Bonchev–Trinajstić information content (AvgIpc) is 3.26. The van der Waals surface area contributed by atoms with Crippen molar-refractivity contribution in [3.8, 4) is 0 Å². The third-order valence-electron chi connectivity index (χ3n) is 13.6. The van der Waals surface area contributed by atoms with Gasteiger partial charge in [-0.15, -0.1) is 0 Å². The lowest BCUT2D eigenvalue weighted by Crippen LogP contribution is -2.46. The van der Waals surface area contributed by atoms with E-state index in [1.54, 1.807) is 0 Å². The number of nitrogens with zero attached hydrogens (tertiary/aromatic N) is 1. The Bertz CT molecular complexity index is 1030. The van der Waals surface area contributed by atoms with Crippen LogP contribution in [-0.4, -0.2) is 73.4 Å². The number of hydrogen-bond donors (Lipinski definition) is 3. The molecule has 0 rings (SSSR count). The fourth-order valence-electron chi connectivity index (χ4n) is 9.05. The number of unbranched alkanes of at least 4 members (excludes halogenated alkanes) is 41. The molecule has 65 heavy (non-hydrogen) atoms. The topological polar surface area (TPSA) is 105 Å². The number of aliphatic hydroxyl groups excluding tert-OH is 1. The molecule has 390 valence electrons. The Hall–Kier alpha value is -0.500. The first-order chi connectivity index (χ1) is 31.5. The van der Waals surface area contributed by atoms with Crippen LogP contribution in [-0.2, 0) is 18.4 Å². The zero-order valence-electron chi connectivity index (χ0n) is 44.5. The van der Waals surface area contributed by atoms with Crippen molar-refractivity contribution in [3.05, 3.63) is 0 Å². The zero-order chi connectivity index (χ0) is 47.8. The van der Waals surface area contributed by atoms with Gasteiger partial charge < -0.3 is 19.8 Å². The molecule has 9 heteroatoms. The van der Waals surface area contributed by atoms with Gasteiger partial charge in [0.25, 0.3) is 0 Å². The van der Waals surface area contributed by atoms with Crippen molar-refractivity contribution in [1.29, 1.82) is 0 Å². The third-order valence-corrected chi connectivity index (χ3v) is 14.6. The minimum absolute atomic E-state index is 0.0786. The molecule has 0 aliphatic carbocycles. The Morgan fingerprint density at radius 1 is 0.462 bits per heavy atom. The second-order valence-electron chi connectivity index (χ2n) is 21.4. The van der Waals surface area contributed by atoms with Crippen LogP contribution in [0.25, 0.3) is 0 Å². The molecular formula is C56H116N2O6P+. The van der Waals surface area contributed by atoms with E-state index in [2.05, 4.69) is 19.2 Å². The van der Waals surface area contributed by atoms with Gasteiger partial charge in [-0.05, 0) is 12.8 Å². The minimum Gasteiger partial charge on any atom is -0.391 e. The molecule has 0 heterocycles. The summed E-state index contributed by atoms with van der Waals surface area (Å²) in [5, 5.41) is 14.0. The number of carbonyl (C=O) groups is 1. The van der Waals surface area contributed by atoms with Crippen LogP contribution >= 0.6 is 7.82 Å². The van der Waals surface area contributed by atoms with Gasteiger partial charge in [-0.25, -0.2) is 4.57 Å². The summed E-state index contributed by atoms with van der Waals surface area (Å²) in [6.07, 6.45) is 57.6. The second kappa shape index (κ2) is 48.5. The number of phosphoric acid groups is 1. The van der Waals surface area contributed by atoms with Crippen LogP contribution in [0.1, 0.15) is 303 Å². The van der Waals surface area contributed by atoms with Crippen molar-refractivity contribution in [2.75, 3.05) is 40.9 Å².